The van der Waals surface area contributed by atoms with Crippen LogP contribution in [-0.2, 0) is 13.0 Å². The van der Waals surface area contributed by atoms with Gasteiger partial charge in [0.25, 0.3) is 0 Å². The number of fused-ring (bicyclic) bond motifs is 1. The molecule has 2 aromatic rings. The maximum Gasteiger partial charge on any atom is 0.111 e. The van der Waals surface area contributed by atoms with Crippen molar-refractivity contribution in [1.29, 1.82) is 0 Å². The molecule has 0 N–H and O–H groups in total. The number of benzene rings is 1. The van der Waals surface area contributed by atoms with Crippen LogP contribution in [0.15, 0.2) is 12.1 Å². The standard InChI is InChI=1S/C14H17Cl3N2/c1-9(2)4-6-19-13-8-11(17)10(16)7-12(13)18-14(19)3-5-15/h7-9H,3-6H2,1-2H3. The second-order valence-corrected chi connectivity index (χ2v) is 6.25. The molecule has 0 aliphatic heterocycles. The molecule has 0 aliphatic carbocycles. The predicted molar refractivity (Wildman–Crippen MR) is 83.6 cm³/mol. The molecule has 0 aliphatic rings. The maximum absolute atomic E-state index is 6.11. The van der Waals surface area contributed by atoms with E-state index < -0.39 is 0 Å². The molecular weight excluding hydrogens is 303 g/mol. The third-order valence-electron chi connectivity index (χ3n) is 3.12. The zero-order chi connectivity index (χ0) is 14.0. The van der Waals surface area contributed by atoms with E-state index in [1.807, 2.05) is 12.1 Å². The molecular formula is C14H17Cl3N2. The van der Waals surface area contributed by atoms with Crippen LogP contribution in [0.1, 0.15) is 26.1 Å². The molecule has 1 heterocycles. The minimum Gasteiger partial charge on any atom is -0.328 e. The summed E-state index contributed by atoms with van der Waals surface area (Å²) in [6.45, 7) is 5.35. The molecule has 0 radical (unpaired) electrons. The summed E-state index contributed by atoms with van der Waals surface area (Å²) in [5, 5.41) is 1.11. The van der Waals surface area contributed by atoms with Gasteiger partial charge in [-0.05, 0) is 24.5 Å². The third-order valence-corrected chi connectivity index (χ3v) is 4.03. The van der Waals surface area contributed by atoms with Crippen LogP contribution in [0.2, 0.25) is 10.0 Å². The van der Waals surface area contributed by atoms with Crippen molar-refractivity contribution in [2.24, 2.45) is 5.92 Å². The van der Waals surface area contributed by atoms with Crippen molar-refractivity contribution in [3.63, 3.8) is 0 Å². The third kappa shape index (κ3) is 3.36. The Hall–Kier alpha value is -0.440. The minimum atomic E-state index is 0.542. The average molecular weight is 320 g/mol. The lowest BCUT2D eigenvalue weighted by atomic mass is 10.1. The lowest BCUT2D eigenvalue weighted by Gasteiger charge is -2.10. The predicted octanol–water partition coefficient (Wildman–Crippen LogP) is 5.17. The largest absolute Gasteiger partial charge is 0.328 e. The summed E-state index contributed by atoms with van der Waals surface area (Å²) in [4.78, 5) is 4.62. The Morgan fingerprint density at radius 2 is 1.89 bits per heavy atom. The van der Waals surface area contributed by atoms with E-state index in [1.165, 1.54) is 0 Å². The quantitative estimate of drug-likeness (QED) is 0.695. The van der Waals surface area contributed by atoms with E-state index in [1.54, 1.807) is 0 Å². The molecule has 2 rings (SSSR count). The fraction of sp³-hybridized carbons (Fsp3) is 0.500. The average Bonchev–Trinajstić information content (AvgIpc) is 2.65. The van der Waals surface area contributed by atoms with Crippen molar-refractivity contribution in [2.45, 2.75) is 33.2 Å². The molecule has 1 aromatic carbocycles. The molecule has 2 nitrogen and oxygen atoms in total. The van der Waals surface area contributed by atoms with Crippen LogP contribution < -0.4 is 0 Å². The topological polar surface area (TPSA) is 17.8 Å². The lowest BCUT2D eigenvalue weighted by molar-refractivity contribution is 0.513. The van der Waals surface area contributed by atoms with Gasteiger partial charge in [-0.1, -0.05) is 37.0 Å². The zero-order valence-corrected chi connectivity index (χ0v) is 13.4. The molecule has 19 heavy (non-hydrogen) atoms. The van der Waals surface area contributed by atoms with Crippen molar-refractivity contribution in [3.05, 3.63) is 28.0 Å². The second kappa shape index (κ2) is 6.34. The number of aryl methyl sites for hydroxylation is 2. The number of aromatic nitrogens is 2. The van der Waals surface area contributed by atoms with E-state index in [-0.39, 0.29) is 0 Å². The highest BCUT2D eigenvalue weighted by molar-refractivity contribution is 6.42. The number of alkyl halides is 1. The Bertz CT molecular complexity index is 576. The van der Waals surface area contributed by atoms with Crippen molar-refractivity contribution < 1.29 is 0 Å². The summed E-state index contributed by atoms with van der Waals surface area (Å²) in [5.41, 5.74) is 1.92. The van der Waals surface area contributed by atoms with Crippen LogP contribution in [0.3, 0.4) is 0 Å². The van der Waals surface area contributed by atoms with Gasteiger partial charge in [0.1, 0.15) is 5.82 Å². The monoisotopic (exact) mass is 318 g/mol. The van der Waals surface area contributed by atoms with Crippen molar-refractivity contribution in [2.75, 3.05) is 5.88 Å². The molecule has 0 unspecified atom stereocenters. The number of imidazole rings is 1. The van der Waals surface area contributed by atoms with Gasteiger partial charge in [-0.15, -0.1) is 11.6 Å². The van der Waals surface area contributed by atoms with Gasteiger partial charge < -0.3 is 4.57 Å². The summed E-state index contributed by atoms with van der Waals surface area (Å²) in [5.74, 6) is 2.21. The van der Waals surface area contributed by atoms with Crippen LogP contribution >= 0.6 is 34.8 Å². The molecule has 0 saturated carbocycles. The summed E-state index contributed by atoms with van der Waals surface area (Å²) in [6.07, 6.45) is 1.85. The molecule has 0 bridgehead atoms. The van der Waals surface area contributed by atoms with E-state index in [9.17, 15) is 0 Å². The maximum atomic E-state index is 6.11. The van der Waals surface area contributed by atoms with Gasteiger partial charge in [-0.3, -0.25) is 0 Å². The Morgan fingerprint density at radius 1 is 1.21 bits per heavy atom. The molecule has 5 heteroatoms. The molecule has 0 atom stereocenters. The first-order valence-electron chi connectivity index (χ1n) is 6.43. The summed E-state index contributed by atoms with van der Waals surface area (Å²) < 4.78 is 2.21. The number of rotatable bonds is 5. The van der Waals surface area contributed by atoms with Crippen LogP contribution in [0, 0.1) is 5.92 Å². The van der Waals surface area contributed by atoms with E-state index in [2.05, 4.69) is 23.4 Å². The van der Waals surface area contributed by atoms with Crippen LogP contribution in [0.25, 0.3) is 11.0 Å². The highest BCUT2D eigenvalue weighted by Gasteiger charge is 2.13. The molecule has 0 fully saturated rings. The first-order chi connectivity index (χ1) is 9.02. The lowest BCUT2D eigenvalue weighted by Crippen LogP contribution is -2.06. The van der Waals surface area contributed by atoms with E-state index in [0.29, 0.717) is 21.8 Å². The number of halogens is 3. The fourth-order valence-corrected chi connectivity index (χ4v) is 2.57. The number of hydrogen-bond acceptors (Lipinski definition) is 1. The smallest absolute Gasteiger partial charge is 0.111 e. The van der Waals surface area contributed by atoms with Gasteiger partial charge in [0.15, 0.2) is 0 Å². The SMILES string of the molecule is CC(C)CCn1c(CCCl)nc2cc(Cl)c(Cl)cc21. The van der Waals surface area contributed by atoms with E-state index in [0.717, 1.165) is 36.2 Å². The first-order valence-corrected chi connectivity index (χ1v) is 7.72. The Morgan fingerprint density at radius 3 is 2.53 bits per heavy atom. The van der Waals surface area contributed by atoms with E-state index >= 15 is 0 Å². The number of nitrogens with zero attached hydrogens (tertiary/aromatic N) is 2. The van der Waals surface area contributed by atoms with Gasteiger partial charge >= 0.3 is 0 Å². The van der Waals surface area contributed by atoms with Crippen LogP contribution in [0.4, 0.5) is 0 Å². The summed E-state index contributed by atoms with van der Waals surface area (Å²) >= 11 is 18.0. The van der Waals surface area contributed by atoms with Gasteiger partial charge in [-0.25, -0.2) is 4.98 Å². The summed E-state index contributed by atoms with van der Waals surface area (Å²) in [7, 11) is 0. The van der Waals surface area contributed by atoms with E-state index in [4.69, 9.17) is 34.8 Å². The number of hydrogen-bond donors (Lipinski definition) is 0. The fourth-order valence-electron chi connectivity index (χ4n) is 2.08. The van der Waals surface area contributed by atoms with Gasteiger partial charge in [-0.2, -0.15) is 0 Å². The summed E-state index contributed by atoms with van der Waals surface area (Å²) in [6, 6.07) is 3.72. The van der Waals surface area contributed by atoms with Gasteiger partial charge in [0.2, 0.25) is 0 Å². The van der Waals surface area contributed by atoms with Crippen LogP contribution in [-0.4, -0.2) is 15.4 Å². The molecule has 104 valence electrons. The minimum absolute atomic E-state index is 0.542. The van der Waals surface area contributed by atoms with Gasteiger partial charge in [0, 0.05) is 18.8 Å². The first kappa shape index (κ1) is 15.0. The van der Waals surface area contributed by atoms with Crippen molar-refractivity contribution in [1.82, 2.24) is 9.55 Å². The Balaban J connectivity index is 2.48. The molecule has 1 aromatic heterocycles. The molecule has 0 amide bonds. The Labute approximate surface area is 128 Å². The highest BCUT2D eigenvalue weighted by atomic mass is 35.5. The van der Waals surface area contributed by atoms with Crippen LogP contribution in [0.5, 0.6) is 0 Å². The molecule has 0 saturated heterocycles. The molecule has 0 spiro atoms. The van der Waals surface area contributed by atoms with Gasteiger partial charge in [0.05, 0.1) is 21.1 Å². The zero-order valence-electron chi connectivity index (χ0n) is 11.1. The van der Waals surface area contributed by atoms with Crippen molar-refractivity contribution in [3.8, 4) is 0 Å². The highest BCUT2D eigenvalue weighted by Crippen LogP contribution is 2.29. The Kier molecular flexibility index (Phi) is 4.99. The second-order valence-electron chi connectivity index (χ2n) is 5.06. The van der Waals surface area contributed by atoms with Crippen molar-refractivity contribution >= 4 is 45.8 Å². The normalized spacial score (nSPS) is 11.7.